The number of nitrogens with zero attached hydrogens (tertiary/aromatic N) is 2. The van der Waals surface area contributed by atoms with E-state index >= 15 is 0 Å². The Hall–Kier alpha value is -0.790. The zero-order valence-electron chi connectivity index (χ0n) is 29.6. The first-order valence-electron chi connectivity index (χ1n) is 19.9. The first kappa shape index (κ1) is 39.2. The van der Waals surface area contributed by atoms with Gasteiger partial charge in [0, 0.05) is 6.42 Å². The lowest BCUT2D eigenvalue weighted by molar-refractivity contribution is -0.703. The third-order valence-electron chi connectivity index (χ3n) is 9.56. The number of rotatable bonds is 34. The molecule has 0 atom stereocenters. The molecule has 0 aliphatic carbocycles. The van der Waals surface area contributed by atoms with Crippen molar-refractivity contribution in [3.63, 3.8) is 0 Å². The fraction of sp³-hybridized carbons (Fsp3) is 0.925. The molecule has 2 heteroatoms. The van der Waals surface area contributed by atoms with Gasteiger partial charge >= 0.3 is 0 Å². The van der Waals surface area contributed by atoms with Gasteiger partial charge < -0.3 is 0 Å². The molecule has 1 rings (SSSR count). The number of unbranched alkanes of at least 4 members (excludes halogenated alkanes) is 28. The van der Waals surface area contributed by atoms with Crippen molar-refractivity contribution in [3.8, 4) is 0 Å². The molecule has 1 aromatic rings. The van der Waals surface area contributed by atoms with E-state index in [4.69, 9.17) is 0 Å². The fourth-order valence-corrected chi connectivity index (χ4v) is 6.74. The second-order valence-electron chi connectivity index (χ2n) is 13.8. The van der Waals surface area contributed by atoms with E-state index in [0.29, 0.717) is 0 Å². The van der Waals surface area contributed by atoms with Gasteiger partial charge in [-0.1, -0.05) is 194 Å². The second kappa shape index (κ2) is 31.6. The molecule has 1 aromatic heterocycles. The average Bonchev–Trinajstić information content (AvgIpc) is 3.38. The zero-order chi connectivity index (χ0) is 30.2. The third-order valence-corrected chi connectivity index (χ3v) is 9.56. The normalized spacial score (nSPS) is 11.6. The van der Waals surface area contributed by atoms with E-state index in [0.717, 1.165) is 0 Å². The van der Waals surface area contributed by atoms with Crippen molar-refractivity contribution in [2.24, 2.45) is 0 Å². The summed E-state index contributed by atoms with van der Waals surface area (Å²) in [6.45, 7) is 9.34. The van der Waals surface area contributed by atoms with E-state index in [1.807, 2.05) is 0 Å². The quantitative estimate of drug-likeness (QED) is 0.0560. The number of aromatic nitrogens is 2. The molecule has 0 aliphatic heterocycles. The van der Waals surface area contributed by atoms with E-state index < -0.39 is 0 Å². The fourth-order valence-electron chi connectivity index (χ4n) is 6.74. The molecular weight excluding hydrogens is 508 g/mol. The van der Waals surface area contributed by atoms with Gasteiger partial charge in [0.2, 0.25) is 0 Å². The van der Waals surface area contributed by atoms with Crippen LogP contribution < -0.4 is 4.57 Å². The maximum Gasteiger partial charge on any atom is 0.256 e. The van der Waals surface area contributed by atoms with Crippen LogP contribution in [-0.2, 0) is 19.5 Å². The van der Waals surface area contributed by atoms with Crippen molar-refractivity contribution in [3.05, 3.63) is 18.2 Å². The van der Waals surface area contributed by atoms with Crippen LogP contribution in [0.25, 0.3) is 0 Å². The van der Waals surface area contributed by atoms with Gasteiger partial charge in [0.05, 0.1) is 13.1 Å². The van der Waals surface area contributed by atoms with Gasteiger partial charge in [-0.15, -0.1) is 0 Å². The van der Waals surface area contributed by atoms with E-state index in [-0.39, 0.29) is 0 Å². The average molecular weight is 588 g/mol. The molecule has 0 radical (unpaired) electrons. The number of hydrogen-bond donors (Lipinski definition) is 0. The summed E-state index contributed by atoms with van der Waals surface area (Å²) in [4.78, 5) is 0. The van der Waals surface area contributed by atoms with Crippen LogP contribution in [0.4, 0.5) is 0 Å². The molecule has 0 fully saturated rings. The zero-order valence-corrected chi connectivity index (χ0v) is 29.6. The molecule has 0 aromatic carbocycles. The minimum Gasteiger partial charge on any atom is -0.234 e. The standard InChI is InChI=1S/C40H79N2/c1-4-7-9-11-13-15-17-19-21-22-23-25-27-29-31-33-35-40-41(36-6-3)38-39-42(40)37-34-32-30-28-26-24-20-18-16-14-12-10-8-5-2/h38-39H,4-37H2,1-3H3/q+1. The van der Waals surface area contributed by atoms with Crippen LogP contribution in [0.2, 0.25) is 0 Å². The molecule has 42 heavy (non-hydrogen) atoms. The van der Waals surface area contributed by atoms with Crippen molar-refractivity contribution < 1.29 is 4.57 Å². The molecule has 2 nitrogen and oxygen atoms in total. The Morgan fingerprint density at radius 2 is 0.738 bits per heavy atom. The van der Waals surface area contributed by atoms with Crippen LogP contribution in [0.1, 0.15) is 226 Å². The molecule has 0 unspecified atom stereocenters. The monoisotopic (exact) mass is 588 g/mol. The lowest BCUT2D eigenvalue weighted by Gasteiger charge is -2.06. The molecule has 0 spiro atoms. The van der Waals surface area contributed by atoms with Gasteiger partial charge in [0.15, 0.2) is 0 Å². The van der Waals surface area contributed by atoms with E-state index in [1.165, 1.54) is 219 Å². The molecule has 1 heterocycles. The maximum absolute atomic E-state index is 2.60. The first-order valence-corrected chi connectivity index (χ1v) is 19.9. The Balaban J connectivity index is 2.02. The maximum atomic E-state index is 2.60. The van der Waals surface area contributed by atoms with Crippen molar-refractivity contribution in [2.75, 3.05) is 0 Å². The molecular formula is C40H79N2+. The van der Waals surface area contributed by atoms with Crippen molar-refractivity contribution in [1.82, 2.24) is 4.57 Å². The van der Waals surface area contributed by atoms with E-state index in [2.05, 4.69) is 42.3 Å². The van der Waals surface area contributed by atoms with Crippen LogP contribution in [0.5, 0.6) is 0 Å². The summed E-state index contributed by atoms with van der Waals surface area (Å²) >= 11 is 0. The van der Waals surface area contributed by atoms with Crippen LogP contribution in [0, 0.1) is 0 Å². The van der Waals surface area contributed by atoms with E-state index in [1.54, 1.807) is 5.82 Å². The van der Waals surface area contributed by atoms with Crippen LogP contribution in [-0.4, -0.2) is 4.57 Å². The molecule has 0 saturated heterocycles. The highest BCUT2D eigenvalue weighted by atomic mass is 15.1. The minimum absolute atomic E-state index is 1.18. The minimum atomic E-state index is 1.18. The van der Waals surface area contributed by atoms with Crippen molar-refractivity contribution >= 4 is 0 Å². The Kier molecular flexibility index (Phi) is 29.5. The number of imidazole rings is 1. The van der Waals surface area contributed by atoms with Crippen LogP contribution in [0.15, 0.2) is 12.4 Å². The second-order valence-corrected chi connectivity index (χ2v) is 13.8. The predicted octanol–water partition coefficient (Wildman–Crippen LogP) is 13.5. The third kappa shape index (κ3) is 23.6. The SMILES string of the molecule is CCCCCCCCCCCCCCCCCCc1n(CCCCCCCCCCCCCCCC)cc[n+]1CCC. The molecule has 0 aliphatic rings. The highest BCUT2D eigenvalue weighted by molar-refractivity contribution is 4.84. The summed E-state index contributed by atoms with van der Waals surface area (Å²) in [5.41, 5.74) is 0. The topological polar surface area (TPSA) is 8.81 Å². The molecule has 0 N–H and O–H groups in total. The predicted molar refractivity (Wildman–Crippen MR) is 188 cm³/mol. The Morgan fingerprint density at radius 3 is 1.10 bits per heavy atom. The summed E-state index contributed by atoms with van der Waals surface area (Å²) in [5, 5.41) is 0. The molecule has 0 amide bonds. The molecule has 0 saturated carbocycles. The molecule has 0 bridgehead atoms. The van der Waals surface area contributed by atoms with Crippen molar-refractivity contribution in [1.29, 1.82) is 0 Å². The van der Waals surface area contributed by atoms with Gasteiger partial charge in [0.1, 0.15) is 12.4 Å². The summed E-state index contributed by atoms with van der Waals surface area (Å²) in [6, 6.07) is 0. The molecule has 248 valence electrons. The summed E-state index contributed by atoms with van der Waals surface area (Å²) in [6.07, 6.45) is 50.6. The van der Waals surface area contributed by atoms with Gasteiger partial charge in [-0.3, -0.25) is 0 Å². The summed E-state index contributed by atoms with van der Waals surface area (Å²) in [5.74, 6) is 1.59. The first-order chi connectivity index (χ1) is 20.8. The van der Waals surface area contributed by atoms with Gasteiger partial charge in [-0.05, 0) is 25.7 Å². The van der Waals surface area contributed by atoms with Gasteiger partial charge in [-0.2, -0.15) is 0 Å². The van der Waals surface area contributed by atoms with Gasteiger partial charge in [0.25, 0.3) is 5.82 Å². The lowest BCUT2D eigenvalue weighted by atomic mass is 10.0. The summed E-state index contributed by atoms with van der Waals surface area (Å²) in [7, 11) is 0. The van der Waals surface area contributed by atoms with Gasteiger partial charge in [-0.25, -0.2) is 9.13 Å². The highest BCUT2D eigenvalue weighted by Gasteiger charge is 2.15. The Morgan fingerprint density at radius 1 is 0.405 bits per heavy atom. The lowest BCUT2D eigenvalue weighted by Crippen LogP contribution is -2.37. The highest BCUT2D eigenvalue weighted by Crippen LogP contribution is 2.16. The summed E-state index contributed by atoms with van der Waals surface area (Å²) < 4.78 is 5.15. The Labute approximate surface area is 266 Å². The van der Waals surface area contributed by atoms with Crippen LogP contribution >= 0.6 is 0 Å². The number of aryl methyl sites for hydroxylation is 2. The number of hydrogen-bond acceptors (Lipinski definition) is 0. The Bertz CT molecular complexity index is 648. The van der Waals surface area contributed by atoms with E-state index in [9.17, 15) is 0 Å². The van der Waals surface area contributed by atoms with Crippen LogP contribution in [0.3, 0.4) is 0 Å². The smallest absolute Gasteiger partial charge is 0.234 e. The largest absolute Gasteiger partial charge is 0.256 e. The van der Waals surface area contributed by atoms with Crippen molar-refractivity contribution in [2.45, 2.75) is 239 Å².